The fourth-order valence-electron chi connectivity index (χ4n) is 2.70. The first-order valence-electron chi connectivity index (χ1n) is 8.73. The molecule has 0 saturated carbocycles. The van der Waals surface area contributed by atoms with Gasteiger partial charge in [-0.2, -0.15) is 0 Å². The van der Waals surface area contributed by atoms with Crippen LogP contribution in [0.3, 0.4) is 0 Å². The van der Waals surface area contributed by atoms with Gasteiger partial charge < -0.3 is 10.2 Å². The molecule has 26 heavy (non-hydrogen) atoms. The van der Waals surface area contributed by atoms with E-state index in [1.807, 2.05) is 56.3 Å². The lowest BCUT2D eigenvalue weighted by Gasteiger charge is -2.22. The van der Waals surface area contributed by atoms with Crippen LogP contribution in [0.15, 0.2) is 42.5 Å². The molecule has 0 bridgehead atoms. The lowest BCUT2D eigenvalue weighted by Crippen LogP contribution is -2.34. The van der Waals surface area contributed by atoms with Crippen molar-refractivity contribution in [3.8, 4) is 0 Å². The molecule has 4 nitrogen and oxygen atoms in total. The van der Waals surface area contributed by atoms with E-state index in [0.717, 1.165) is 23.2 Å². The SMILES string of the molecule is CC(=O)N(CCC(=O)NCCc1cccc(Cl)c1)c1ccc(C)c(C)c1. The van der Waals surface area contributed by atoms with Crippen LogP contribution >= 0.6 is 11.6 Å². The van der Waals surface area contributed by atoms with Crippen molar-refractivity contribution in [3.05, 3.63) is 64.2 Å². The molecule has 1 N–H and O–H groups in total. The molecule has 0 aliphatic heterocycles. The number of nitrogens with zero attached hydrogens (tertiary/aromatic N) is 1. The minimum atomic E-state index is -0.0695. The highest BCUT2D eigenvalue weighted by molar-refractivity contribution is 6.30. The van der Waals surface area contributed by atoms with Gasteiger partial charge >= 0.3 is 0 Å². The van der Waals surface area contributed by atoms with Crippen molar-refractivity contribution in [1.29, 1.82) is 0 Å². The number of hydrogen-bond donors (Lipinski definition) is 1. The summed E-state index contributed by atoms with van der Waals surface area (Å²) in [4.78, 5) is 25.7. The standard InChI is InChI=1S/C21H25ClN2O2/c1-15-7-8-20(13-16(15)2)24(17(3)25)12-10-21(26)23-11-9-18-5-4-6-19(22)14-18/h4-8,13-14H,9-12H2,1-3H3,(H,23,26). The minimum absolute atomic E-state index is 0.0675. The molecule has 0 radical (unpaired) electrons. The van der Waals surface area contributed by atoms with Gasteiger partial charge in [-0.3, -0.25) is 9.59 Å². The van der Waals surface area contributed by atoms with Crippen molar-refractivity contribution in [2.45, 2.75) is 33.6 Å². The second-order valence-corrected chi connectivity index (χ2v) is 6.86. The number of amides is 2. The van der Waals surface area contributed by atoms with Crippen molar-refractivity contribution in [2.24, 2.45) is 0 Å². The van der Waals surface area contributed by atoms with Crippen LogP contribution in [0, 0.1) is 13.8 Å². The predicted molar refractivity (Wildman–Crippen MR) is 107 cm³/mol. The van der Waals surface area contributed by atoms with Crippen LogP contribution in [-0.2, 0) is 16.0 Å². The third kappa shape index (κ3) is 5.88. The number of rotatable bonds is 7. The van der Waals surface area contributed by atoms with Crippen LogP contribution in [0.2, 0.25) is 5.02 Å². The summed E-state index contributed by atoms with van der Waals surface area (Å²) in [6.07, 6.45) is 0.988. The first kappa shape index (κ1) is 20.0. The molecule has 0 unspecified atom stereocenters. The number of nitrogens with one attached hydrogen (secondary N) is 1. The molecule has 0 saturated heterocycles. The van der Waals surface area contributed by atoms with E-state index in [1.165, 1.54) is 12.5 Å². The predicted octanol–water partition coefficient (Wildman–Crippen LogP) is 4.06. The summed E-state index contributed by atoms with van der Waals surface area (Å²) < 4.78 is 0. The van der Waals surface area contributed by atoms with Gasteiger partial charge in [-0.1, -0.05) is 29.8 Å². The molecule has 0 heterocycles. The maximum absolute atomic E-state index is 12.1. The van der Waals surface area contributed by atoms with Gasteiger partial charge in [-0.05, 0) is 61.2 Å². The average molecular weight is 373 g/mol. The first-order chi connectivity index (χ1) is 12.4. The molecule has 0 atom stereocenters. The number of halogens is 1. The van der Waals surface area contributed by atoms with E-state index in [1.54, 1.807) is 4.90 Å². The molecule has 0 spiro atoms. The Hall–Kier alpha value is -2.33. The maximum atomic E-state index is 12.1. The highest BCUT2D eigenvalue weighted by Crippen LogP contribution is 2.19. The Kier molecular flexibility index (Phi) is 7.22. The third-order valence-corrected chi connectivity index (χ3v) is 4.60. The fraction of sp³-hybridized carbons (Fsp3) is 0.333. The molecule has 138 valence electrons. The maximum Gasteiger partial charge on any atom is 0.223 e. The smallest absolute Gasteiger partial charge is 0.223 e. The first-order valence-corrected chi connectivity index (χ1v) is 9.11. The van der Waals surface area contributed by atoms with Crippen molar-refractivity contribution >= 4 is 29.1 Å². The van der Waals surface area contributed by atoms with Gasteiger partial charge in [0.15, 0.2) is 0 Å². The number of aryl methyl sites for hydroxylation is 2. The average Bonchev–Trinajstić information content (AvgIpc) is 2.58. The molecule has 0 fully saturated rings. The second kappa shape index (κ2) is 9.39. The quantitative estimate of drug-likeness (QED) is 0.796. The molecule has 0 aliphatic carbocycles. The molecule has 0 aliphatic rings. The van der Waals surface area contributed by atoms with Crippen LogP contribution in [0.1, 0.15) is 30.0 Å². The number of hydrogen-bond acceptors (Lipinski definition) is 2. The molecular weight excluding hydrogens is 348 g/mol. The van der Waals surface area contributed by atoms with Gasteiger partial charge in [-0.25, -0.2) is 0 Å². The number of carbonyl (C=O) groups is 2. The Balaban J connectivity index is 1.85. The van der Waals surface area contributed by atoms with E-state index < -0.39 is 0 Å². The molecular formula is C21H25ClN2O2. The van der Waals surface area contributed by atoms with Gasteiger partial charge in [0.05, 0.1) is 0 Å². The zero-order chi connectivity index (χ0) is 19.1. The summed E-state index contributed by atoms with van der Waals surface area (Å²) in [6, 6.07) is 13.5. The highest BCUT2D eigenvalue weighted by Gasteiger charge is 2.14. The van der Waals surface area contributed by atoms with E-state index in [2.05, 4.69) is 5.32 Å². The largest absolute Gasteiger partial charge is 0.356 e. The van der Waals surface area contributed by atoms with Crippen molar-refractivity contribution in [3.63, 3.8) is 0 Å². The van der Waals surface area contributed by atoms with Crippen LogP contribution in [-0.4, -0.2) is 24.9 Å². The summed E-state index contributed by atoms with van der Waals surface area (Å²) in [5, 5.41) is 3.59. The summed E-state index contributed by atoms with van der Waals surface area (Å²) in [6.45, 7) is 6.47. The summed E-state index contributed by atoms with van der Waals surface area (Å²) in [7, 11) is 0. The van der Waals surface area contributed by atoms with E-state index in [-0.39, 0.29) is 18.2 Å². The number of anilines is 1. The lowest BCUT2D eigenvalue weighted by molar-refractivity contribution is -0.121. The monoisotopic (exact) mass is 372 g/mol. The topological polar surface area (TPSA) is 49.4 Å². The van der Waals surface area contributed by atoms with Crippen LogP contribution in [0.4, 0.5) is 5.69 Å². The van der Waals surface area contributed by atoms with Crippen molar-refractivity contribution < 1.29 is 9.59 Å². The normalized spacial score (nSPS) is 10.5. The Morgan fingerprint density at radius 2 is 1.85 bits per heavy atom. The summed E-state index contributed by atoms with van der Waals surface area (Å²) in [5.41, 5.74) is 4.21. The highest BCUT2D eigenvalue weighted by atomic mass is 35.5. The van der Waals surface area contributed by atoms with Crippen molar-refractivity contribution in [2.75, 3.05) is 18.0 Å². The lowest BCUT2D eigenvalue weighted by atomic mass is 10.1. The van der Waals surface area contributed by atoms with E-state index >= 15 is 0 Å². The van der Waals surface area contributed by atoms with Crippen LogP contribution in [0.5, 0.6) is 0 Å². The van der Waals surface area contributed by atoms with Gasteiger partial charge in [-0.15, -0.1) is 0 Å². The molecule has 2 aromatic rings. The Bertz CT molecular complexity index is 789. The zero-order valence-corrected chi connectivity index (χ0v) is 16.3. The van der Waals surface area contributed by atoms with E-state index in [4.69, 9.17) is 11.6 Å². The van der Waals surface area contributed by atoms with Gasteiger partial charge in [0.25, 0.3) is 0 Å². The fourth-order valence-corrected chi connectivity index (χ4v) is 2.92. The molecule has 2 amide bonds. The molecule has 0 aromatic heterocycles. The molecule has 2 rings (SSSR count). The Labute approximate surface area is 160 Å². The second-order valence-electron chi connectivity index (χ2n) is 6.42. The Morgan fingerprint density at radius 3 is 2.50 bits per heavy atom. The third-order valence-electron chi connectivity index (χ3n) is 4.37. The van der Waals surface area contributed by atoms with Crippen LogP contribution in [0.25, 0.3) is 0 Å². The summed E-state index contributed by atoms with van der Waals surface area (Å²) in [5.74, 6) is -0.137. The van der Waals surface area contributed by atoms with E-state index in [9.17, 15) is 9.59 Å². The molecule has 5 heteroatoms. The van der Waals surface area contributed by atoms with Gasteiger partial charge in [0.1, 0.15) is 0 Å². The summed E-state index contributed by atoms with van der Waals surface area (Å²) >= 11 is 5.95. The van der Waals surface area contributed by atoms with Gasteiger partial charge in [0.2, 0.25) is 11.8 Å². The van der Waals surface area contributed by atoms with E-state index in [0.29, 0.717) is 18.1 Å². The van der Waals surface area contributed by atoms with Crippen LogP contribution < -0.4 is 10.2 Å². The van der Waals surface area contributed by atoms with Gasteiger partial charge in [0, 0.05) is 37.1 Å². The molecule has 2 aromatic carbocycles. The Morgan fingerprint density at radius 1 is 1.08 bits per heavy atom. The minimum Gasteiger partial charge on any atom is -0.356 e. The number of benzene rings is 2. The zero-order valence-electron chi connectivity index (χ0n) is 15.5. The number of carbonyl (C=O) groups excluding carboxylic acids is 2. The van der Waals surface area contributed by atoms with Crippen molar-refractivity contribution in [1.82, 2.24) is 5.32 Å².